The van der Waals surface area contributed by atoms with E-state index in [1.165, 1.54) is 35.6 Å². The van der Waals surface area contributed by atoms with Gasteiger partial charge < -0.3 is 0 Å². The molecule has 0 radical (unpaired) electrons. The maximum Gasteiger partial charge on any atom is 0.257 e. The predicted octanol–water partition coefficient (Wildman–Crippen LogP) is 3.86. The third kappa shape index (κ3) is 3.89. The first kappa shape index (κ1) is 20.3. The van der Waals surface area contributed by atoms with Gasteiger partial charge in [0.25, 0.3) is 5.91 Å². The second-order valence-electron chi connectivity index (χ2n) is 6.35. The molecule has 1 N–H and O–H groups in total. The smallest absolute Gasteiger partial charge is 0.257 e. The van der Waals surface area contributed by atoms with E-state index in [1.54, 1.807) is 13.8 Å². The van der Waals surface area contributed by atoms with E-state index in [4.69, 9.17) is 0 Å². The molecular weight excluding hydrogens is 408 g/mol. The zero-order valence-corrected chi connectivity index (χ0v) is 16.9. The Morgan fingerprint density at radius 3 is 2.43 bits per heavy atom. The van der Waals surface area contributed by atoms with Crippen LogP contribution in [0.25, 0.3) is 10.2 Å². The zero-order chi connectivity index (χ0) is 20.6. The molecule has 1 heterocycles. The highest BCUT2D eigenvalue weighted by Gasteiger charge is 2.23. The van der Waals surface area contributed by atoms with Gasteiger partial charge in [-0.1, -0.05) is 11.3 Å². The summed E-state index contributed by atoms with van der Waals surface area (Å²) in [5.74, 6) is -2.08. The molecule has 1 amide bonds. The molecule has 0 aliphatic heterocycles. The Morgan fingerprint density at radius 1 is 1.18 bits per heavy atom. The Hall–Kier alpha value is -2.43. The Bertz CT molecular complexity index is 1140. The molecule has 0 aliphatic rings. The van der Waals surface area contributed by atoms with E-state index in [9.17, 15) is 22.0 Å². The average molecular weight is 425 g/mol. The molecule has 2 aromatic carbocycles. The number of nitrogens with one attached hydrogen (secondary N) is 1. The second-order valence-corrected chi connectivity index (χ2v) is 9.38. The molecule has 1 aromatic heterocycles. The standard InChI is InChI=1S/C18H17F2N3O3S2/c1-10(2)23(3)28(25,26)13-6-4-11(5-7-13)17(24)22-18-21-16-14(20)8-12(19)9-15(16)27-18/h4-10H,1-3H3,(H,21,22,24). The van der Waals surface area contributed by atoms with Gasteiger partial charge in [0.05, 0.1) is 9.60 Å². The van der Waals surface area contributed by atoms with Gasteiger partial charge in [-0.05, 0) is 44.2 Å². The molecule has 0 fully saturated rings. The van der Waals surface area contributed by atoms with Crippen LogP contribution in [0.3, 0.4) is 0 Å². The third-order valence-corrected chi connectivity index (χ3v) is 7.12. The Labute approximate surface area is 164 Å². The third-order valence-electron chi connectivity index (χ3n) is 4.15. The molecular formula is C18H17F2N3O3S2. The van der Waals surface area contributed by atoms with Crippen LogP contribution in [-0.4, -0.2) is 36.7 Å². The van der Waals surface area contributed by atoms with Gasteiger partial charge in [-0.25, -0.2) is 22.2 Å². The molecule has 0 spiro atoms. The minimum atomic E-state index is -3.65. The number of amides is 1. The number of carbonyl (C=O) groups excluding carboxylic acids is 1. The number of sulfonamides is 1. The van der Waals surface area contributed by atoms with Crippen molar-refractivity contribution >= 4 is 42.6 Å². The fourth-order valence-corrected chi connectivity index (χ4v) is 4.67. The van der Waals surface area contributed by atoms with Crippen LogP contribution in [0.15, 0.2) is 41.3 Å². The Balaban J connectivity index is 1.81. The summed E-state index contributed by atoms with van der Waals surface area (Å²) in [7, 11) is -2.17. The summed E-state index contributed by atoms with van der Waals surface area (Å²) in [4.78, 5) is 16.4. The van der Waals surface area contributed by atoms with Gasteiger partial charge in [-0.3, -0.25) is 10.1 Å². The van der Waals surface area contributed by atoms with E-state index >= 15 is 0 Å². The summed E-state index contributed by atoms with van der Waals surface area (Å²) in [6.07, 6.45) is 0. The van der Waals surface area contributed by atoms with Crippen LogP contribution in [0.1, 0.15) is 24.2 Å². The SMILES string of the molecule is CC(C)N(C)S(=O)(=O)c1ccc(C(=O)Nc2nc3c(F)cc(F)cc3s2)cc1. The highest BCUT2D eigenvalue weighted by Crippen LogP contribution is 2.29. The average Bonchev–Trinajstić information content (AvgIpc) is 3.03. The molecule has 0 saturated carbocycles. The van der Waals surface area contributed by atoms with Crippen LogP contribution in [0.5, 0.6) is 0 Å². The second kappa shape index (κ2) is 7.53. The van der Waals surface area contributed by atoms with Crippen molar-refractivity contribution in [1.82, 2.24) is 9.29 Å². The lowest BCUT2D eigenvalue weighted by atomic mass is 10.2. The van der Waals surface area contributed by atoms with Crippen LogP contribution in [0.2, 0.25) is 0 Å². The molecule has 3 rings (SSSR count). The maximum atomic E-state index is 13.7. The molecule has 28 heavy (non-hydrogen) atoms. The van der Waals surface area contributed by atoms with Gasteiger partial charge >= 0.3 is 0 Å². The zero-order valence-electron chi connectivity index (χ0n) is 15.2. The summed E-state index contributed by atoms with van der Waals surface area (Å²) in [5.41, 5.74) is 0.178. The highest BCUT2D eigenvalue weighted by molar-refractivity contribution is 7.89. The summed E-state index contributed by atoms with van der Waals surface area (Å²) in [5, 5.41) is 2.62. The minimum Gasteiger partial charge on any atom is -0.298 e. The first-order chi connectivity index (χ1) is 13.1. The maximum absolute atomic E-state index is 13.7. The highest BCUT2D eigenvalue weighted by atomic mass is 32.2. The molecule has 0 atom stereocenters. The molecule has 0 aliphatic carbocycles. The predicted molar refractivity (Wildman–Crippen MR) is 104 cm³/mol. The molecule has 6 nitrogen and oxygen atoms in total. The molecule has 3 aromatic rings. The number of aromatic nitrogens is 1. The van der Waals surface area contributed by atoms with Crippen molar-refractivity contribution in [1.29, 1.82) is 0 Å². The lowest BCUT2D eigenvalue weighted by Gasteiger charge is -2.20. The number of fused-ring (bicyclic) bond motifs is 1. The minimum absolute atomic E-state index is 0.0279. The van der Waals surface area contributed by atoms with Crippen LogP contribution >= 0.6 is 11.3 Å². The molecule has 10 heteroatoms. The summed E-state index contributed by atoms with van der Waals surface area (Å²) >= 11 is 0.938. The monoisotopic (exact) mass is 425 g/mol. The first-order valence-corrected chi connectivity index (χ1v) is 10.5. The van der Waals surface area contributed by atoms with E-state index < -0.39 is 27.6 Å². The molecule has 0 saturated heterocycles. The van der Waals surface area contributed by atoms with Crippen molar-refractivity contribution in [3.8, 4) is 0 Å². The lowest BCUT2D eigenvalue weighted by molar-refractivity contribution is 0.102. The summed E-state index contributed by atoms with van der Waals surface area (Å²) in [6, 6.07) is 7.09. The molecule has 148 valence electrons. The first-order valence-electron chi connectivity index (χ1n) is 8.24. The van der Waals surface area contributed by atoms with Gasteiger partial charge in [0.15, 0.2) is 10.9 Å². The van der Waals surface area contributed by atoms with Crippen LogP contribution in [0.4, 0.5) is 13.9 Å². The number of anilines is 1. The van der Waals surface area contributed by atoms with E-state index in [2.05, 4.69) is 10.3 Å². The number of carbonyl (C=O) groups is 1. The van der Waals surface area contributed by atoms with E-state index in [0.29, 0.717) is 0 Å². The van der Waals surface area contributed by atoms with Crippen molar-refractivity contribution in [2.24, 2.45) is 0 Å². The van der Waals surface area contributed by atoms with Crippen molar-refractivity contribution in [3.63, 3.8) is 0 Å². The number of hydrogen-bond acceptors (Lipinski definition) is 5. The van der Waals surface area contributed by atoms with Gasteiger partial charge in [0.1, 0.15) is 11.3 Å². The largest absolute Gasteiger partial charge is 0.298 e. The number of benzene rings is 2. The van der Waals surface area contributed by atoms with E-state index in [1.807, 2.05) is 0 Å². The fourth-order valence-electron chi connectivity index (χ4n) is 2.40. The number of halogens is 2. The number of hydrogen-bond donors (Lipinski definition) is 1. The van der Waals surface area contributed by atoms with Gasteiger partial charge in [0.2, 0.25) is 10.0 Å². The van der Waals surface area contributed by atoms with Gasteiger partial charge in [-0.2, -0.15) is 4.31 Å². The number of nitrogens with zero attached hydrogens (tertiary/aromatic N) is 2. The van der Waals surface area contributed by atoms with E-state index in [-0.39, 0.29) is 31.8 Å². The van der Waals surface area contributed by atoms with Crippen LogP contribution < -0.4 is 5.32 Å². The lowest BCUT2D eigenvalue weighted by Crippen LogP contribution is -2.33. The number of thiazole rings is 1. The van der Waals surface area contributed by atoms with Crippen molar-refractivity contribution in [3.05, 3.63) is 53.6 Å². The van der Waals surface area contributed by atoms with Crippen molar-refractivity contribution in [2.75, 3.05) is 12.4 Å². The summed E-state index contributed by atoms with van der Waals surface area (Å²) < 4.78 is 53.4. The molecule has 0 bridgehead atoms. The van der Waals surface area contributed by atoms with Crippen molar-refractivity contribution < 1.29 is 22.0 Å². The van der Waals surface area contributed by atoms with E-state index in [0.717, 1.165) is 23.5 Å². The van der Waals surface area contributed by atoms with Gasteiger partial charge in [-0.15, -0.1) is 0 Å². The van der Waals surface area contributed by atoms with Crippen LogP contribution in [-0.2, 0) is 10.0 Å². The normalized spacial score (nSPS) is 12.1. The quantitative estimate of drug-likeness (QED) is 0.673. The van der Waals surface area contributed by atoms with Crippen molar-refractivity contribution in [2.45, 2.75) is 24.8 Å². The van der Waals surface area contributed by atoms with Crippen LogP contribution in [0, 0.1) is 11.6 Å². The van der Waals surface area contributed by atoms with Gasteiger partial charge in [0, 0.05) is 24.7 Å². The molecule has 0 unspecified atom stereocenters. The fraction of sp³-hybridized carbons (Fsp3) is 0.222. The Kier molecular flexibility index (Phi) is 5.46. The topological polar surface area (TPSA) is 79.4 Å². The number of rotatable bonds is 5. The summed E-state index contributed by atoms with van der Waals surface area (Å²) in [6.45, 7) is 3.51. The Morgan fingerprint density at radius 2 is 1.82 bits per heavy atom.